The van der Waals surface area contributed by atoms with Crippen molar-refractivity contribution in [2.45, 2.75) is 44.6 Å². The first kappa shape index (κ1) is 28.2. The molecule has 0 radical (unpaired) electrons. The number of hydrogen-bond acceptors (Lipinski definition) is 9. The van der Waals surface area contributed by atoms with E-state index in [-0.39, 0.29) is 43.7 Å². The molecule has 5 rings (SSSR count). The summed E-state index contributed by atoms with van der Waals surface area (Å²) >= 11 is 0. The van der Waals surface area contributed by atoms with Crippen LogP contribution in [0.5, 0.6) is 23.0 Å². The van der Waals surface area contributed by atoms with Crippen LogP contribution in [-0.2, 0) is 16.1 Å². The molecule has 4 atom stereocenters. The molecule has 4 unspecified atom stereocenters. The Balaban J connectivity index is 1.60. The summed E-state index contributed by atoms with van der Waals surface area (Å²) in [6, 6.07) is 7.49. The van der Waals surface area contributed by atoms with Gasteiger partial charge in [-0.3, -0.25) is 14.4 Å². The first-order chi connectivity index (χ1) is 19.7. The number of rotatable bonds is 9. The van der Waals surface area contributed by atoms with Gasteiger partial charge in [0.2, 0.25) is 18.6 Å². The van der Waals surface area contributed by atoms with E-state index in [4.69, 9.17) is 18.9 Å². The molecule has 2 aliphatic heterocycles. The van der Waals surface area contributed by atoms with E-state index in [1.807, 2.05) is 0 Å². The second-order valence-electron chi connectivity index (χ2n) is 10.3. The van der Waals surface area contributed by atoms with Crippen LogP contribution < -0.4 is 24.3 Å². The molecule has 2 heterocycles. The molecule has 0 saturated heterocycles. The number of carbonyl (C=O) groups excluding carboxylic acids is 3. The fourth-order valence-corrected chi connectivity index (χ4v) is 5.45. The minimum absolute atomic E-state index is 0.00377. The van der Waals surface area contributed by atoms with Crippen LogP contribution in [0.1, 0.15) is 41.3 Å². The fourth-order valence-electron chi connectivity index (χ4n) is 5.45. The van der Waals surface area contributed by atoms with Crippen LogP contribution in [0.25, 0.3) is 0 Å². The van der Waals surface area contributed by atoms with E-state index in [1.165, 1.54) is 24.2 Å². The number of allylic oxidation sites excluding steroid dienone is 1. The van der Waals surface area contributed by atoms with Gasteiger partial charge in [-0.2, -0.15) is 0 Å². The van der Waals surface area contributed by atoms with Crippen LogP contribution >= 0.6 is 0 Å². The van der Waals surface area contributed by atoms with Crippen molar-refractivity contribution >= 4 is 18.1 Å². The molecule has 3 aliphatic rings. The molecule has 216 valence electrons. The Morgan fingerprint density at radius 3 is 2.66 bits per heavy atom. The quantitative estimate of drug-likeness (QED) is 0.307. The van der Waals surface area contributed by atoms with Crippen LogP contribution in [0.15, 0.2) is 53.6 Å². The number of nitrogens with one attached hydrogen (secondary N) is 1. The zero-order chi connectivity index (χ0) is 29.3. The average Bonchev–Trinajstić information content (AvgIpc) is 3.59. The number of hydrogen-bond donors (Lipinski definition) is 3. The van der Waals surface area contributed by atoms with E-state index < -0.39 is 30.1 Å². The van der Waals surface area contributed by atoms with E-state index in [2.05, 4.69) is 5.32 Å². The molecule has 0 aromatic heterocycles. The van der Waals surface area contributed by atoms with Gasteiger partial charge in [0.05, 0.1) is 25.7 Å². The maximum absolute atomic E-state index is 13.6. The third kappa shape index (κ3) is 5.38. The lowest BCUT2D eigenvalue weighted by atomic mass is 9.77. The fraction of sp³-hybridized carbons (Fsp3) is 0.367. The number of amides is 2. The van der Waals surface area contributed by atoms with Crippen molar-refractivity contribution < 1.29 is 43.5 Å². The smallest absolute Gasteiger partial charge is 0.247 e. The van der Waals surface area contributed by atoms with Gasteiger partial charge in [-0.15, -0.1) is 0 Å². The standard InChI is InChI=1S/C30H32N2O9/c1-16(2)8-25(35)32(13-17-4-5-22-23(10-17)40-15-39-22)21-12-20(30(37)31-6-7-33)26-19-9-18(14-34)11-24(38-3)28(19)41-29(26)27(21)36/h4-5,8-12,14,21,26-27,29,33,36H,6-7,13,15H2,1-3H3,(H,31,37). The summed E-state index contributed by atoms with van der Waals surface area (Å²) in [5.74, 6) is 0.133. The highest BCUT2D eigenvalue weighted by atomic mass is 16.7. The number of methoxy groups -OCH3 is 1. The predicted molar refractivity (Wildman–Crippen MR) is 146 cm³/mol. The number of aliphatic hydroxyl groups is 2. The second kappa shape index (κ2) is 11.6. The number of aliphatic hydroxyl groups excluding tert-OH is 2. The molecule has 3 N–H and O–H groups in total. The summed E-state index contributed by atoms with van der Waals surface area (Å²) in [4.78, 5) is 40.2. The molecule has 2 amide bonds. The van der Waals surface area contributed by atoms with Crippen molar-refractivity contribution in [2.75, 3.05) is 27.1 Å². The molecule has 0 saturated carbocycles. The zero-order valence-electron chi connectivity index (χ0n) is 23.0. The average molecular weight is 565 g/mol. The third-order valence-corrected chi connectivity index (χ3v) is 7.26. The highest BCUT2D eigenvalue weighted by molar-refractivity contribution is 5.97. The number of nitrogens with zero attached hydrogens (tertiary/aromatic N) is 1. The lowest BCUT2D eigenvalue weighted by Crippen LogP contribution is -2.55. The lowest BCUT2D eigenvalue weighted by Gasteiger charge is -2.40. The molecule has 2 aromatic rings. The van der Waals surface area contributed by atoms with Gasteiger partial charge in [0.15, 0.2) is 23.0 Å². The number of ether oxygens (including phenoxy) is 4. The molecule has 41 heavy (non-hydrogen) atoms. The third-order valence-electron chi connectivity index (χ3n) is 7.26. The summed E-state index contributed by atoms with van der Waals surface area (Å²) in [5.41, 5.74) is 2.56. The van der Waals surface area contributed by atoms with Crippen molar-refractivity contribution in [3.05, 3.63) is 70.3 Å². The van der Waals surface area contributed by atoms with Crippen LogP contribution in [0.2, 0.25) is 0 Å². The minimum Gasteiger partial charge on any atom is -0.493 e. The number of carbonyl (C=O) groups is 3. The van der Waals surface area contributed by atoms with E-state index in [0.29, 0.717) is 34.7 Å². The van der Waals surface area contributed by atoms with Crippen molar-refractivity contribution in [2.24, 2.45) is 0 Å². The summed E-state index contributed by atoms with van der Waals surface area (Å²) in [6.07, 6.45) is 1.48. The second-order valence-corrected chi connectivity index (χ2v) is 10.3. The van der Waals surface area contributed by atoms with E-state index >= 15 is 0 Å². The van der Waals surface area contributed by atoms with E-state index in [9.17, 15) is 24.6 Å². The molecule has 1 aliphatic carbocycles. The molecular weight excluding hydrogens is 532 g/mol. The van der Waals surface area contributed by atoms with Crippen molar-refractivity contribution in [3.63, 3.8) is 0 Å². The van der Waals surface area contributed by atoms with Gasteiger partial charge in [-0.1, -0.05) is 11.6 Å². The van der Waals surface area contributed by atoms with Gasteiger partial charge in [-0.25, -0.2) is 0 Å². The molecule has 0 fully saturated rings. The normalized spacial score (nSPS) is 21.5. The molecule has 0 bridgehead atoms. The molecule has 11 nitrogen and oxygen atoms in total. The van der Waals surface area contributed by atoms with Gasteiger partial charge < -0.3 is 39.4 Å². The van der Waals surface area contributed by atoms with Gasteiger partial charge in [-0.05, 0) is 49.8 Å². The van der Waals surface area contributed by atoms with Crippen LogP contribution in [-0.4, -0.2) is 78.5 Å². The molecule has 0 spiro atoms. The zero-order valence-corrected chi connectivity index (χ0v) is 23.0. The summed E-state index contributed by atoms with van der Waals surface area (Å²) in [6.45, 7) is 3.51. The van der Waals surface area contributed by atoms with E-state index in [0.717, 1.165) is 11.1 Å². The van der Waals surface area contributed by atoms with Crippen molar-refractivity contribution in [1.82, 2.24) is 10.2 Å². The van der Waals surface area contributed by atoms with Crippen molar-refractivity contribution in [3.8, 4) is 23.0 Å². The first-order valence-corrected chi connectivity index (χ1v) is 13.2. The van der Waals surface area contributed by atoms with Gasteiger partial charge in [0.25, 0.3) is 0 Å². The Morgan fingerprint density at radius 1 is 1.17 bits per heavy atom. The Morgan fingerprint density at radius 2 is 1.95 bits per heavy atom. The molecule has 11 heteroatoms. The highest BCUT2D eigenvalue weighted by Crippen LogP contribution is 2.51. The topological polar surface area (TPSA) is 144 Å². The lowest BCUT2D eigenvalue weighted by molar-refractivity contribution is -0.133. The molecule has 2 aromatic carbocycles. The Labute approximate surface area is 236 Å². The van der Waals surface area contributed by atoms with Crippen molar-refractivity contribution in [1.29, 1.82) is 0 Å². The Kier molecular flexibility index (Phi) is 8.00. The number of benzene rings is 2. The highest BCUT2D eigenvalue weighted by Gasteiger charge is 2.51. The maximum Gasteiger partial charge on any atom is 0.247 e. The Hall–Kier alpha value is -4.35. The Bertz CT molecular complexity index is 1430. The summed E-state index contributed by atoms with van der Waals surface area (Å²) in [7, 11) is 1.44. The van der Waals surface area contributed by atoms with Gasteiger partial charge >= 0.3 is 0 Å². The first-order valence-electron chi connectivity index (χ1n) is 13.2. The van der Waals surface area contributed by atoms with Gasteiger partial charge in [0, 0.05) is 35.9 Å². The van der Waals surface area contributed by atoms with Crippen LogP contribution in [0.4, 0.5) is 0 Å². The van der Waals surface area contributed by atoms with Crippen LogP contribution in [0.3, 0.4) is 0 Å². The number of fused-ring (bicyclic) bond motifs is 4. The van der Waals surface area contributed by atoms with E-state index in [1.54, 1.807) is 44.2 Å². The van der Waals surface area contributed by atoms with Gasteiger partial charge in [0.1, 0.15) is 18.5 Å². The van der Waals surface area contributed by atoms with Crippen LogP contribution in [0, 0.1) is 0 Å². The maximum atomic E-state index is 13.6. The summed E-state index contributed by atoms with van der Waals surface area (Å²) in [5, 5.41) is 23.8. The largest absolute Gasteiger partial charge is 0.493 e. The number of aldehydes is 1. The SMILES string of the molecule is COc1cc(C=O)cc2c1OC1C2C(C(=O)NCCO)=CC(N(Cc2ccc3c(c2)OCO3)C(=O)C=C(C)C)C1O. The predicted octanol–water partition coefficient (Wildman–Crippen LogP) is 1.85. The monoisotopic (exact) mass is 564 g/mol. The molecular formula is C30H32N2O9. The minimum atomic E-state index is -1.25. The summed E-state index contributed by atoms with van der Waals surface area (Å²) < 4.78 is 22.6.